The maximum atomic E-state index is 12.3. The average molecular weight is 776 g/mol. The van der Waals surface area contributed by atoms with Gasteiger partial charge in [-0.1, -0.05) is 167 Å². The quantitative estimate of drug-likeness (QED) is 0.0378. The number of carbonyl (C=O) groups excluding carboxylic acids is 2. The lowest BCUT2D eigenvalue weighted by Crippen LogP contribution is -2.27. The molecule has 0 aliphatic heterocycles. The first-order valence-corrected chi connectivity index (χ1v) is 24.1. The monoisotopic (exact) mass is 776 g/mol. The third kappa shape index (κ3) is 39.0. The zero-order chi connectivity index (χ0) is 40.3. The Balaban J connectivity index is 3.91. The van der Waals surface area contributed by atoms with Crippen LogP contribution in [0.4, 0.5) is 0 Å². The number of ether oxygens (including phenoxy) is 2. The summed E-state index contributed by atoms with van der Waals surface area (Å²) in [5.74, 6) is -0.275. The molecular formula is C49H93NO5. The zero-order valence-electron chi connectivity index (χ0n) is 37.3. The molecule has 0 fully saturated rings. The molecule has 0 saturated heterocycles. The van der Waals surface area contributed by atoms with Gasteiger partial charge in [-0.3, -0.25) is 0 Å². The number of unbranched alkanes of at least 4 members (excludes halogenated alkanes) is 22. The molecule has 6 nitrogen and oxygen atoms in total. The molecule has 0 aromatic heterocycles. The van der Waals surface area contributed by atoms with Gasteiger partial charge in [-0.05, 0) is 96.6 Å². The SMILES string of the molecule is CCCCCC/C(=C\C(=O)OCCCCCCCCCCN(CCCO)CCCCCCCCCCOC(=O)/C=C(/CCCC)CCCCCC)CCCC. The highest BCUT2D eigenvalue weighted by atomic mass is 16.5. The van der Waals surface area contributed by atoms with Crippen LogP contribution in [0.25, 0.3) is 0 Å². The summed E-state index contributed by atoms with van der Waals surface area (Å²) in [4.78, 5) is 27.3. The second-order valence-corrected chi connectivity index (χ2v) is 16.3. The van der Waals surface area contributed by atoms with Crippen molar-refractivity contribution in [3.8, 4) is 0 Å². The van der Waals surface area contributed by atoms with Crippen LogP contribution < -0.4 is 0 Å². The molecule has 0 amide bonds. The number of esters is 2. The standard InChI is InChI=1S/C49H93NO5/c1-5-9-13-27-36-46(34-11-7-3)44-48(52)54-42-31-25-21-17-15-19-23-29-38-50(40-33-41-51)39-30-24-20-16-18-22-26-32-43-55-49(53)45-47(35-12-8-4)37-28-14-10-6-2/h44-45,51H,5-43H2,1-4H3/b46-44-,47-45-. The van der Waals surface area contributed by atoms with Crippen LogP contribution in [-0.2, 0) is 19.1 Å². The van der Waals surface area contributed by atoms with Crippen LogP contribution in [0.3, 0.4) is 0 Å². The summed E-state index contributed by atoms with van der Waals surface area (Å²) >= 11 is 0. The van der Waals surface area contributed by atoms with Gasteiger partial charge in [0.2, 0.25) is 0 Å². The number of aliphatic hydroxyl groups excluding tert-OH is 1. The molecule has 1 N–H and O–H groups in total. The fourth-order valence-corrected chi connectivity index (χ4v) is 7.29. The Bertz CT molecular complexity index is 832. The summed E-state index contributed by atoms with van der Waals surface area (Å²) < 4.78 is 11.1. The summed E-state index contributed by atoms with van der Waals surface area (Å²) in [5, 5.41) is 9.39. The Morgan fingerprint density at radius 1 is 0.400 bits per heavy atom. The minimum atomic E-state index is -0.137. The fourth-order valence-electron chi connectivity index (χ4n) is 7.29. The number of carbonyl (C=O) groups is 2. The molecule has 0 rings (SSSR count). The highest BCUT2D eigenvalue weighted by molar-refractivity contribution is 5.83. The van der Waals surface area contributed by atoms with E-state index >= 15 is 0 Å². The molecule has 0 aromatic carbocycles. The van der Waals surface area contributed by atoms with E-state index in [0.717, 1.165) is 103 Å². The van der Waals surface area contributed by atoms with Gasteiger partial charge in [-0.2, -0.15) is 0 Å². The van der Waals surface area contributed by atoms with Crippen LogP contribution >= 0.6 is 0 Å². The van der Waals surface area contributed by atoms with Crippen LogP contribution in [0.5, 0.6) is 0 Å². The van der Waals surface area contributed by atoms with E-state index in [9.17, 15) is 14.7 Å². The van der Waals surface area contributed by atoms with E-state index in [1.807, 2.05) is 0 Å². The molecule has 55 heavy (non-hydrogen) atoms. The van der Waals surface area contributed by atoms with Crippen molar-refractivity contribution in [1.82, 2.24) is 4.90 Å². The summed E-state index contributed by atoms with van der Waals surface area (Å²) in [5.41, 5.74) is 2.55. The molecule has 0 bridgehead atoms. The highest BCUT2D eigenvalue weighted by Gasteiger charge is 2.07. The third-order valence-electron chi connectivity index (χ3n) is 10.9. The van der Waals surface area contributed by atoms with Crippen molar-refractivity contribution in [3.63, 3.8) is 0 Å². The normalized spacial score (nSPS) is 12.2. The zero-order valence-corrected chi connectivity index (χ0v) is 37.3. The first-order chi connectivity index (χ1) is 27.0. The van der Waals surface area contributed by atoms with Crippen LogP contribution in [0.15, 0.2) is 23.3 Å². The minimum absolute atomic E-state index is 0.137. The van der Waals surface area contributed by atoms with E-state index in [2.05, 4.69) is 32.6 Å². The summed E-state index contributed by atoms with van der Waals surface area (Å²) in [6.07, 6.45) is 42.6. The molecule has 0 aliphatic carbocycles. The van der Waals surface area contributed by atoms with E-state index in [1.165, 1.54) is 140 Å². The summed E-state index contributed by atoms with van der Waals surface area (Å²) in [6, 6.07) is 0. The molecule has 0 saturated carbocycles. The lowest BCUT2D eigenvalue weighted by atomic mass is 10.0. The number of aliphatic hydroxyl groups is 1. The number of rotatable bonds is 43. The van der Waals surface area contributed by atoms with Crippen molar-refractivity contribution in [1.29, 1.82) is 0 Å². The Kier molecular flexibility index (Phi) is 42.2. The average Bonchev–Trinajstić information content (AvgIpc) is 3.18. The molecular weight excluding hydrogens is 683 g/mol. The molecule has 324 valence electrons. The fraction of sp³-hybridized carbons (Fsp3) is 0.878. The topological polar surface area (TPSA) is 76.1 Å². The van der Waals surface area contributed by atoms with Crippen molar-refractivity contribution in [2.45, 2.75) is 240 Å². The first kappa shape index (κ1) is 53.3. The smallest absolute Gasteiger partial charge is 0.330 e. The Morgan fingerprint density at radius 2 is 0.709 bits per heavy atom. The molecule has 0 radical (unpaired) electrons. The maximum absolute atomic E-state index is 12.3. The Hall–Kier alpha value is -1.66. The molecule has 0 atom stereocenters. The van der Waals surface area contributed by atoms with Gasteiger partial charge in [0.25, 0.3) is 0 Å². The van der Waals surface area contributed by atoms with Crippen LogP contribution in [0.2, 0.25) is 0 Å². The second-order valence-electron chi connectivity index (χ2n) is 16.3. The first-order valence-electron chi connectivity index (χ1n) is 24.1. The second kappa shape index (κ2) is 43.5. The van der Waals surface area contributed by atoms with E-state index in [-0.39, 0.29) is 18.5 Å². The molecule has 0 spiro atoms. The van der Waals surface area contributed by atoms with Crippen molar-refractivity contribution >= 4 is 11.9 Å². The highest BCUT2D eigenvalue weighted by Crippen LogP contribution is 2.19. The van der Waals surface area contributed by atoms with Gasteiger partial charge in [0, 0.05) is 25.3 Å². The molecule has 0 heterocycles. The van der Waals surface area contributed by atoms with Crippen LogP contribution in [-0.4, -0.2) is 61.4 Å². The predicted molar refractivity (Wildman–Crippen MR) is 237 cm³/mol. The van der Waals surface area contributed by atoms with Crippen LogP contribution in [0.1, 0.15) is 240 Å². The minimum Gasteiger partial charge on any atom is -0.463 e. The lowest BCUT2D eigenvalue weighted by Gasteiger charge is -2.22. The Morgan fingerprint density at radius 3 is 1.07 bits per heavy atom. The van der Waals surface area contributed by atoms with Gasteiger partial charge in [-0.15, -0.1) is 0 Å². The lowest BCUT2D eigenvalue weighted by molar-refractivity contribution is -0.138. The van der Waals surface area contributed by atoms with Gasteiger partial charge < -0.3 is 19.5 Å². The summed E-state index contributed by atoms with van der Waals surface area (Å²) in [6.45, 7) is 13.6. The van der Waals surface area contributed by atoms with Crippen molar-refractivity contribution in [3.05, 3.63) is 23.3 Å². The number of hydrogen-bond acceptors (Lipinski definition) is 6. The van der Waals surface area contributed by atoms with E-state index < -0.39 is 0 Å². The van der Waals surface area contributed by atoms with Gasteiger partial charge >= 0.3 is 11.9 Å². The molecule has 0 unspecified atom stereocenters. The van der Waals surface area contributed by atoms with E-state index in [4.69, 9.17) is 9.47 Å². The van der Waals surface area contributed by atoms with Crippen molar-refractivity contribution in [2.75, 3.05) is 39.5 Å². The van der Waals surface area contributed by atoms with Crippen molar-refractivity contribution in [2.24, 2.45) is 0 Å². The van der Waals surface area contributed by atoms with Crippen LogP contribution in [0, 0.1) is 0 Å². The molecule has 6 heteroatoms. The van der Waals surface area contributed by atoms with Crippen molar-refractivity contribution < 1.29 is 24.2 Å². The Labute approximate surface area is 342 Å². The number of hydrogen-bond donors (Lipinski definition) is 1. The van der Waals surface area contributed by atoms with Gasteiger partial charge in [0.1, 0.15) is 0 Å². The molecule has 0 aliphatic rings. The number of allylic oxidation sites excluding steroid dienone is 2. The van der Waals surface area contributed by atoms with E-state index in [0.29, 0.717) is 13.2 Å². The third-order valence-corrected chi connectivity index (χ3v) is 10.9. The van der Waals surface area contributed by atoms with Gasteiger partial charge in [-0.25, -0.2) is 9.59 Å². The maximum Gasteiger partial charge on any atom is 0.330 e. The van der Waals surface area contributed by atoms with Gasteiger partial charge in [0.05, 0.1) is 13.2 Å². The number of nitrogens with zero attached hydrogens (tertiary/aromatic N) is 1. The van der Waals surface area contributed by atoms with E-state index in [1.54, 1.807) is 12.2 Å². The van der Waals surface area contributed by atoms with Gasteiger partial charge in [0.15, 0.2) is 0 Å². The predicted octanol–water partition coefficient (Wildman–Crippen LogP) is 14.2. The summed E-state index contributed by atoms with van der Waals surface area (Å²) in [7, 11) is 0. The largest absolute Gasteiger partial charge is 0.463 e. The molecule has 0 aromatic rings.